The van der Waals surface area contributed by atoms with Crippen LogP contribution in [0.1, 0.15) is 49.4 Å². The molecule has 0 aliphatic heterocycles. The van der Waals surface area contributed by atoms with Gasteiger partial charge in [0, 0.05) is 30.6 Å². The molecule has 124 valence electrons. The van der Waals surface area contributed by atoms with Crippen LogP contribution in [0.2, 0.25) is 0 Å². The third-order valence-corrected chi connectivity index (χ3v) is 5.19. The van der Waals surface area contributed by atoms with Gasteiger partial charge in [-0.05, 0) is 26.2 Å². The summed E-state index contributed by atoms with van der Waals surface area (Å²) in [5, 5.41) is 18.1. The molecule has 5 nitrogen and oxygen atoms in total. The van der Waals surface area contributed by atoms with Crippen LogP contribution in [0.4, 0.5) is 0 Å². The van der Waals surface area contributed by atoms with E-state index in [1.54, 1.807) is 11.3 Å². The van der Waals surface area contributed by atoms with Gasteiger partial charge in [-0.1, -0.05) is 19.8 Å². The predicted octanol–water partition coefficient (Wildman–Crippen LogP) is 2.11. The van der Waals surface area contributed by atoms with Crippen molar-refractivity contribution in [2.45, 2.75) is 58.0 Å². The number of nitrogens with zero attached hydrogens (tertiary/aromatic N) is 2. The maximum absolute atomic E-state index is 10.4. The average Bonchev–Trinajstić information content (AvgIpc) is 3.14. The Hall–Kier alpha value is -1.14. The van der Waals surface area contributed by atoms with Crippen LogP contribution in [-0.2, 0) is 12.8 Å². The molecule has 2 rings (SSSR count). The quantitative estimate of drug-likeness (QED) is 0.531. The van der Waals surface area contributed by atoms with Gasteiger partial charge in [-0.25, -0.2) is 4.98 Å². The molecule has 1 heterocycles. The van der Waals surface area contributed by atoms with Crippen LogP contribution < -0.4 is 10.6 Å². The normalized spacial score (nSPS) is 17.7. The van der Waals surface area contributed by atoms with Crippen molar-refractivity contribution in [3.63, 3.8) is 0 Å². The Labute approximate surface area is 137 Å². The fourth-order valence-electron chi connectivity index (χ4n) is 2.67. The SMILES string of the molecule is CCNC(=NCC1(O)CCCC1)NCCc1ncc(CC)s1. The fourth-order valence-corrected chi connectivity index (χ4v) is 3.54. The summed E-state index contributed by atoms with van der Waals surface area (Å²) in [4.78, 5) is 10.3. The Kier molecular flexibility index (Phi) is 6.64. The first-order chi connectivity index (χ1) is 10.6. The number of thiazole rings is 1. The smallest absolute Gasteiger partial charge is 0.191 e. The van der Waals surface area contributed by atoms with Gasteiger partial charge in [-0.2, -0.15) is 0 Å². The zero-order chi connectivity index (χ0) is 15.8. The maximum atomic E-state index is 10.4. The van der Waals surface area contributed by atoms with Crippen LogP contribution in [0, 0.1) is 0 Å². The minimum atomic E-state index is -0.590. The molecule has 0 atom stereocenters. The van der Waals surface area contributed by atoms with Gasteiger partial charge in [0.2, 0.25) is 0 Å². The monoisotopic (exact) mass is 324 g/mol. The number of rotatable bonds is 7. The summed E-state index contributed by atoms with van der Waals surface area (Å²) in [6, 6.07) is 0. The second kappa shape index (κ2) is 8.48. The van der Waals surface area contributed by atoms with E-state index in [0.717, 1.165) is 62.6 Å². The number of hydrogen-bond donors (Lipinski definition) is 3. The van der Waals surface area contributed by atoms with Crippen molar-refractivity contribution in [2.24, 2.45) is 4.99 Å². The summed E-state index contributed by atoms with van der Waals surface area (Å²) >= 11 is 1.78. The van der Waals surface area contributed by atoms with Crippen molar-refractivity contribution in [3.8, 4) is 0 Å². The first kappa shape index (κ1) is 17.2. The average molecular weight is 324 g/mol. The van der Waals surface area contributed by atoms with E-state index >= 15 is 0 Å². The van der Waals surface area contributed by atoms with Crippen LogP contribution in [0.5, 0.6) is 0 Å². The van der Waals surface area contributed by atoms with E-state index in [1.165, 1.54) is 4.88 Å². The zero-order valence-electron chi connectivity index (χ0n) is 13.7. The fraction of sp³-hybridized carbons (Fsp3) is 0.750. The molecule has 1 aliphatic rings. The molecule has 0 saturated heterocycles. The molecule has 1 fully saturated rings. The van der Waals surface area contributed by atoms with Gasteiger partial charge in [0.1, 0.15) is 0 Å². The van der Waals surface area contributed by atoms with E-state index in [-0.39, 0.29) is 0 Å². The molecule has 1 aromatic heterocycles. The molecular formula is C16H28N4OS. The third kappa shape index (κ3) is 5.25. The van der Waals surface area contributed by atoms with Crippen molar-refractivity contribution in [1.82, 2.24) is 15.6 Å². The lowest BCUT2D eigenvalue weighted by Gasteiger charge is -2.20. The van der Waals surface area contributed by atoms with Gasteiger partial charge in [0.25, 0.3) is 0 Å². The third-order valence-electron chi connectivity index (χ3n) is 3.99. The van der Waals surface area contributed by atoms with Crippen LogP contribution in [0.25, 0.3) is 0 Å². The van der Waals surface area contributed by atoms with Crippen molar-refractivity contribution in [1.29, 1.82) is 0 Å². The molecule has 3 N–H and O–H groups in total. The molecule has 0 aromatic carbocycles. The summed E-state index contributed by atoms with van der Waals surface area (Å²) in [5.41, 5.74) is -0.590. The highest BCUT2D eigenvalue weighted by Crippen LogP contribution is 2.29. The van der Waals surface area contributed by atoms with Crippen LogP contribution in [0.15, 0.2) is 11.2 Å². The number of aliphatic imine (C=N–C) groups is 1. The van der Waals surface area contributed by atoms with Crippen molar-refractivity contribution < 1.29 is 5.11 Å². The summed E-state index contributed by atoms with van der Waals surface area (Å²) in [6.07, 6.45) is 7.88. The topological polar surface area (TPSA) is 69.5 Å². The predicted molar refractivity (Wildman–Crippen MR) is 92.6 cm³/mol. The summed E-state index contributed by atoms with van der Waals surface area (Å²) in [5.74, 6) is 0.787. The molecule has 6 heteroatoms. The van der Waals surface area contributed by atoms with Gasteiger partial charge in [-0.15, -0.1) is 11.3 Å². The van der Waals surface area contributed by atoms with E-state index in [4.69, 9.17) is 0 Å². The lowest BCUT2D eigenvalue weighted by Crippen LogP contribution is -2.40. The molecule has 0 radical (unpaired) electrons. The van der Waals surface area contributed by atoms with E-state index < -0.39 is 5.60 Å². The summed E-state index contributed by atoms with van der Waals surface area (Å²) in [6.45, 7) is 6.32. The lowest BCUT2D eigenvalue weighted by atomic mass is 10.0. The van der Waals surface area contributed by atoms with Crippen LogP contribution >= 0.6 is 11.3 Å². The summed E-state index contributed by atoms with van der Waals surface area (Å²) in [7, 11) is 0. The van der Waals surface area contributed by atoms with Gasteiger partial charge < -0.3 is 15.7 Å². The standard InChI is InChI=1S/C16H28N4OS/c1-3-13-11-19-14(22-13)7-10-18-15(17-4-2)20-12-16(21)8-5-6-9-16/h11,21H,3-10,12H2,1-2H3,(H2,17,18,20). The van der Waals surface area contributed by atoms with Crippen LogP contribution in [0.3, 0.4) is 0 Å². The number of guanidine groups is 1. The van der Waals surface area contributed by atoms with E-state index in [1.807, 2.05) is 6.20 Å². The molecule has 1 aromatic rings. The van der Waals surface area contributed by atoms with E-state index in [0.29, 0.717) is 6.54 Å². The second-order valence-corrected chi connectivity index (χ2v) is 7.08. The maximum Gasteiger partial charge on any atom is 0.191 e. The molecule has 0 amide bonds. The highest BCUT2D eigenvalue weighted by molar-refractivity contribution is 7.11. The van der Waals surface area contributed by atoms with E-state index in [2.05, 4.69) is 34.5 Å². The largest absolute Gasteiger partial charge is 0.388 e. The van der Waals surface area contributed by atoms with Crippen LogP contribution in [-0.4, -0.2) is 41.3 Å². The highest BCUT2D eigenvalue weighted by Gasteiger charge is 2.30. The molecule has 1 aliphatic carbocycles. The minimum Gasteiger partial charge on any atom is -0.388 e. The Morgan fingerprint density at radius 3 is 2.77 bits per heavy atom. The zero-order valence-corrected chi connectivity index (χ0v) is 14.5. The molecule has 22 heavy (non-hydrogen) atoms. The van der Waals surface area contributed by atoms with Crippen molar-refractivity contribution in [3.05, 3.63) is 16.1 Å². The Bertz CT molecular complexity index is 480. The number of nitrogens with one attached hydrogen (secondary N) is 2. The van der Waals surface area contributed by atoms with Gasteiger partial charge in [0.05, 0.1) is 17.2 Å². The van der Waals surface area contributed by atoms with Gasteiger partial charge in [0.15, 0.2) is 5.96 Å². The summed E-state index contributed by atoms with van der Waals surface area (Å²) < 4.78 is 0. The number of aryl methyl sites for hydroxylation is 1. The van der Waals surface area contributed by atoms with Gasteiger partial charge >= 0.3 is 0 Å². The minimum absolute atomic E-state index is 0.486. The van der Waals surface area contributed by atoms with Crippen molar-refractivity contribution in [2.75, 3.05) is 19.6 Å². The second-order valence-electron chi connectivity index (χ2n) is 5.88. The molecule has 0 spiro atoms. The number of aromatic nitrogens is 1. The van der Waals surface area contributed by atoms with Crippen molar-refractivity contribution >= 4 is 17.3 Å². The Balaban J connectivity index is 1.80. The Morgan fingerprint density at radius 2 is 2.14 bits per heavy atom. The lowest BCUT2D eigenvalue weighted by molar-refractivity contribution is 0.0574. The number of hydrogen-bond acceptors (Lipinski definition) is 4. The first-order valence-corrected chi connectivity index (χ1v) is 9.15. The first-order valence-electron chi connectivity index (χ1n) is 8.33. The van der Waals surface area contributed by atoms with E-state index in [9.17, 15) is 5.11 Å². The number of aliphatic hydroxyl groups is 1. The molecule has 0 unspecified atom stereocenters. The highest BCUT2D eigenvalue weighted by atomic mass is 32.1. The Morgan fingerprint density at radius 1 is 1.36 bits per heavy atom. The van der Waals surface area contributed by atoms with Gasteiger partial charge in [-0.3, -0.25) is 4.99 Å². The molecular weight excluding hydrogens is 296 g/mol. The molecule has 0 bridgehead atoms. The molecule has 1 saturated carbocycles.